The fourth-order valence-corrected chi connectivity index (χ4v) is 1.88. The molecule has 3 heterocycles. The number of pyridine rings is 1. The van der Waals surface area contributed by atoms with Gasteiger partial charge in [0.25, 0.3) is 5.56 Å². The number of nitrogens with zero attached hydrogens (tertiary/aromatic N) is 4. The van der Waals surface area contributed by atoms with Crippen molar-refractivity contribution in [3.8, 4) is 0 Å². The Morgan fingerprint density at radius 1 is 0.947 bits per heavy atom. The third-order valence-corrected chi connectivity index (χ3v) is 3.07. The van der Waals surface area contributed by atoms with Crippen LogP contribution >= 0.6 is 0 Å². The molecule has 0 saturated carbocycles. The zero-order valence-corrected chi connectivity index (χ0v) is 10.4. The number of nitrogens with two attached hydrogens (primary N) is 2. The zero-order chi connectivity index (χ0) is 13.7. The van der Waals surface area contributed by atoms with Gasteiger partial charge in [-0.2, -0.15) is 9.97 Å². The molecule has 3 aromatic rings. The quantitative estimate of drug-likeness (QED) is 0.483. The molecule has 96 valence electrons. The largest absolute Gasteiger partial charge is 0.382 e. The molecule has 0 fully saturated rings. The van der Waals surface area contributed by atoms with E-state index in [2.05, 4.69) is 24.9 Å². The Morgan fingerprint density at radius 3 is 2.42 bits per heavy atom. The normalized spacial score (nSPS) is 11.3. The number of nitrogen functional groups attached to an aromatic ring is 2. The van der Waals surface area contributed by atoms with Crippen molar-refractivity contribution < 1.29 is 0 Å². The molecule has 5 N–H and O–H groups in total. The highest BCUT2D eigenvalue weighted by Gasteiger charge is 2.12. The van der Waals surface area contributed by atoms with Crippen molar-refractivity contribution in [1.82, 2.24) is 24.9 Å². The van der Waals surface area contributed by atoms with Crippen LogP contribution in [0, 0.1) is 13.8 Å². The highest BCUT2D eigenvalue weighted by atomic mass is 16.1. The number of nitrogens with one attached hydrogen (secondary N) is 1. The van der Waals surface area contributed by atoms with Gasteiger partial charge in [-0.3, -0.25) is 4.79 Å². The van der Waals surface area contributed by atoms with Gasteiger partial charge in [0.15, 0.2) is 22.6 Å². The SMILES string of the molecule is Cc1c(C)c2nc3c(N)nc(N)nc3nc2[nH]c1=O. The first-order valence-electron chi connectivity index (χ1n) is 5.57. The maximum Gasteiger partial charge on any atom is 0.252 e. The second-order valence-electron chi connectivity index (χ2n) is 4.26. The van der Waals surface area contributed by atoms with Crippen LogP contribution in [0.5, 0.6) is 0 Å². The summed E-state index contributed by atoms with van der Waals surface area (Å²) in [7, 11) is 0. The minimum Gasteiger partial charge on any atom is -0.382 e. The van der Waals surface area contributed by atoms with Gasteiger partial charge >= 0.3 is 0 Å². The summed E-state index contributed by atoms with van der Waals surface area (Å²) in [6.45, 7) is 3.53. The van der Waals surface area contributed by atoms with E-state index in [1.54, 1.807) is 6.92 Å². The molecule has 3 rings (SSSR count). The molecule has 3 aromatic heterocycles. The Morgan fingerprint density at radius 2 is 1.68 bits per heavy atom. The summed E-state index contributed by atoms with van der Waals surface area (Å²) in [5.41, 5.74) is 14.0. The molecule has 0 unspecified atom stereocenters. The minimum absolute atomic E-state index is 0.0184. The van der Waals surface area contributed by atoms with Crippen molar-refractivity contribution in [3.05, 3.63) is 21.5 Å². The van der Waals surface area contributed by atoms with Crippen molar-refractivity contribution in [2.24, 2.45) is 0 Å². The van der Waals surface area contributed by atoms with E-state index >= 15 is 0 Å². The van der Waals surface area contributed by atoms with Gasteiger partial charge in [-0.15, -0.1) is 0 Å². The number of H-pyrrole nitrogens is 1. The van der Waals surface area contributed by atoms with Crippen molar-refractivity contribution >= 4 is 34.1 Å². The Hall–Kier alpha value is -2.77. The number of hydrogen-bond acceptors (Lipinski definition) is 7. The standard InChI is InChI=1S/C11H11N7O/c1-3-4(2)10(19)17-8-5(3)14-6-7(12)15-11(13)18-9(6)16-8/h1-2H3,(H5,12,13,15,16,17,18,19). The summed E-state index contributed by atoms with van der Waals surface area (Å²) >= 11 is 0. The molecule has 8 nitrogen and oxygen atoms in total. The predicted octanol–water partition coefficient (Wildman–Crippen LogP) is 0.0425. The second kappa shape index (κ2) is 3.61. The molecule has 0 radical (unpaired) electrons. The molecular formula is C11H11N7O. The van der Waals surface area contributed by atoms with E-state index in [0.29, 0.717) is 22.2 Å². The molecule has 0 aliphatic heterocycles. The van der Waals surface area contributed by atoms with Crippen LogP contribution in [0.1, 0.15) is 11.1 Å². The molecular weight excluding hydrogens is 246 g/mol. The molecule has 0 saturated heterocycles. The average Bonchev–Trinajstić information content (AvgIpc) is 2.34. The van der Waals surface area contributed by atoms with Gasteiger partial charge in [0, 0.05) is 5.56 Å². The Kier molecular flexibility index (Phi) is 2.15. The minimum atomic E-state index is -0.200. The zero-order valence-electron chi connectivity index (χ0n) is 10.4. The summed E-state index contributed by atoms with van der Waals surface area (Å²) in [6.07, 6.45) is 0. The van der Waals surface area contributed by atoms with E-state index in [1.807, 2.05) is 6.92 Å². The van der Waals surface area contributed by atoms with Crippen molar-refractivity contribution in [2.75, 3.05) is 11.5 Å². The Balaban J connectivity index is 2.56. The summed E-state index contributed by atoms with van der Waals surface area (Å²) in [6, 6.07) is 0. The summed E-state index contributed by atoms with van der Waals surface area (Å²) in [4.78, 5) is 30.8. The van der Waals surface area contributed by atoms with E-state index in [-0.39, 0.29) is 23.0 Å². The highest BCUT2D eigenvalue weighted by molar-refractivity contribution is 5.89. The number of anilines is 2. The lowest BCUT2D eigenvalue weighted by molar-refractivity contribution is 1.13. The van der Waals surface area contributed by atoms with Crippen LogP contribution in [0.2, 0.25) is 0 Å². The van der Waals surface area contributed by atoms with Gasteiger partial charge in [0.1, 0.15) is 5.52 Å². The fourth-order valence-electron chi connectivity index (χ4n) is 1.88. The van der Waals surface area contributed by atoms with Crippen molar-refractivity contribution in [2.45, 2.75) is 13.8 Å². The van der Waals surface area contributed by atoms with Crippen LogP contribution in [0.4, 0.5) is 11.8 Å². The van der Waals surface area contributed by atoms with Crippen LogP contribution < -0.4 is 17.0 Å². The number of aromatic amines is 1. The van der Waals surface area contributed by atoms with Crippen molar-refractivity contribution in [1.29, 1.82) is 0 Å². The van der Waals surface area contributed by atoms with Crippen molar-refractivity contribution in [3.63, 3.8) is 0 Å². The molecule has 0 spiro atoms. The molecule has 8 heteroatoms. The van der Waals surface area contributed by atoms with Crippen LogP contribution in [-0.2, 0) is 0 Å². The van der Waals surface area contributed by atoms with Crippen LogP contribution in [0.25, 0.3) is 22.3 Å². The van der Waals surface area contributed by atoms with Crippen LogP contribution in [0.15, 0.2) is 4.79 Å². The molecule has 0 aromatic carbocycles. The summed E-state index contributed by atoms with van der Waals surface area (Å²) in [5.74, 6) is 0.185. The number of aromatic nitrogens is 5. The molecule has 0 bridgehead atoms. The smallest absolute Gasteiger partial charge is 0.252 e. The van der Waals surface area contributed by atoms with E-state index in [9.17, 15) is 4.79 Å². The third-order valence-electron chi connectivity index (χ3n) is 3.07. The second-order valence-corrected chi connectivity index (χ2v) is 4.26. The summed E-state index contributed by atoms with van der Waals surface area (Å²) < 4.78 is 0. The molecule has 19 heavy (non-hydrogen) atoms. The average molecular weight is 257 g/mol. The van der Waals surface area contributed by atoms with Gasteiger partial charge in [0.05, 0.1) is 0 Å². The lowest BCUT2D eigenvalue weighted by Crippen LogP contribution is -2.13. The number of aryl methyl sites for hydroxylation is 1. The number of rotatable bonds is 0. The van der Waals surface area contributed by atoms with Gasteiger partial charge in [-0.05, 0) is 19.4 Å². The lowest BCUT2D eigenvalue weighted by atomic mass is 10.1. The first-order valence-corrected chi connectivity index (χ1v) is 5.57. The highest BCUT2D eigenvalue weighted by Crippen LogP contribution is 2.20. The van der Waals surface area contributed by atoms with E-state index < -0.39 is 0 Å². The first-order chi connectivity index (χ1) is 8.97. The lowest BCUT2D eigenvalue weighted by Gasteiger charge is -2.06. The predicted molar refractivity (Wildman–Crippen MR) is 71.6 cm³/mol. The third kappa shape index (κ3) is 1.57. The Bertz CT molecular complexity index is 884. The van der Waals surface area contributed by atoms with E-state index in [4.69, 9.17) is 11.5 Å². The number of fused-ring (bicyclic) bond motifs is 2. The fraction of sp³-hybridized carbons (Fsp3) is 0.182. The molecule has 0 aliphatic rings. The first kappa shape index (κ1) is 11.3. The maximum absolute atomic E-state index is 11.7. The summed E-state index contributed by atoms with van der Waals surface area (Å²) in [5, 5.41) is 0. The van der Waals surface area contributed by atoms with E-state index in [0.717, 1.165) is 5.56 Å². The molecule has 0 amide bonds. The monoisotopic (exact) mass is 257 g/mol. The van der Waals surface area contributed by atoms with Gasteiger partial charge in [-0.25, -0.2) is 9.97 Å². The topological polar surface area (TPSA) is 136 Å². The van der Waals surface area contributed by atoms with Crippen LogP contribution in [-0.4, -0.2) is 24.9 Å². The maximum atomic E-state index is 11.7. The number of hydrogen-bond donors (Lipinski definition) is 3. The van der Waals surface area contributed by atoms with Crippen LogP contribution in [0.3, 0.4) is 0 Å². The van der Waals surface area contributed by atoms with Gasteiger partial charge in [0.2, 0.25) is 5.95 Å². The Labute approximate surface area is 106 Å². The van der Waals surface area contributed by atoms with Gasteiger partial charge in [-0.1, -0.05) is 0 Å². The molecule has 0 aliphatic carbocycles. The van der Waals surface area contributed by atoms with E-state index in [1.165, 1.54) is 0 Å². The van der Waals surface area contributed by atoms with Gasteiger partial charge < -0.3 is 16.5 Å². The molecule has 0 atom stereocenters.